The summed E-state index contributed by atoms with van der Waals surface area (Å²) in [6.07, 6.45) is 6.58. The van der Waals surface area contributed by atoms with Crippen molar-refractivity contribution in [3.8, 4) is 0 Å². The monoisotopic (exact) mass is 315 g/mol. The predicted octanol–water partition coefficient (Wildman–Crippen LogP) is 2.89. The quantitative estimate of drug-likeness (QED) is 0.925. The van der Waals surface area contributed by atoms with Crippen LogP contribution in [0.15, 0.2) is 10.8 Å². The molecule has 1 aliphatic carbocycles. The van der Waals surface area contributed by atoms with E-state index in [1.807, 2.05) is 0 Å². The van der Waals surface area contributed by atoms with Crippen LogP contribution in [0.3, 0.4) is 0 Å². The maximum atomic E-state index is 5.91. The van der Waals surface area contributed by atoms with Gasteiger partial charge in [-0.25, -0.2) is 9.50 Å². The Balaban J connectivity index is 2.02. The minimum Gasteiger partial charge on any atom is -0.364 e. The first-order valence-electron chi connectivity index (χ1n) is 5.57. The number of imidazole rings is 1. The lowest BCUT2D eigenvalue weighted by Gasteiger charge is -2.12. The largest absolute Gasteiger partial charge is 0.364 e. The van der Waals surface area contributed by atoms with Gasteiger partial charge in [0.1, 0.15) is 4.60 Å². The molecule has 17 heavy (non-hydrogen) atoms. The summed E-state index contributed by atoms with van der Waals surface area (Å²) in [7, 11) is 0. The number of rotatable bonds is 2. The zero-order chi connectivity index (χ0) is 11.8. The van der Waals surface area contributed by atoms with Crippen molar-refractivity contribution >= 4 is 39.0 Å². The van der Waals surface area contributed by atoms with Gasteiger partial charge >= 0.3 is 0 Å². The summed E-state index contributed by atoms with van der Waals surface area (Å²) in [5.74, 6) is 0.711. The van der Waals surface area contributed by atoms with Crippen LogP contribution < -0.4 is 5.32 Å². The molecule has 0 aromatic carbocycles. The molecule has 0 aliphatic heterocycles. The molecule has 2 aromatic heterocycles. The zero-order valence-electron chi connectivity index (χ0n) is 9.03. The van der Waals surface area contributed by atoms with E-state index in [9.17, 15) is 0 Å². The van der Waals surface area contributed by atoms with Crippen LogP contribution in [-0.2, 0) is 0 Å². The molecule has 1 N–H and O–H groups in total. The third-order valence-electron chi connectivity index (χ3n) is 2.99. The average Bonchev–Trinajstić information content (AvgIpc) is 2.90. The molecular weight excluding hydrogens is 306 g/mol. The van der Waals surface area contributed by atoms with Crippen LogP contribution in [0.25, 0.3) is 5.65 Å². The summed E-state index contributed by atoms with van der Waals surface area (Å²) in [6, 6.07) is 0.472. The second-order valence-electron chi connectivity index (χ2n) is 4.17. The summed E-state index contributed by atoms with van der Waals surface area (Å²) in [5.41, 5.74) is 0.702. The van der Waals surface area contributed by atoms with E-state index < -0.39 is 0 Å². The van der Waals surface area contributed by atoms with E-state index in [1.54, 1.807) is 10.7 Å². The lowest BCUT2D eigenvalue weighted by Crippen LogP contribution is -2.17. The second-order valence-corrected chi connectivity index (χ2v) is 5.32. The SMILES string of the molecule is Clc1nc(NC2CCCC2)c2ncc(Br)n2n1. The van der Waals surface area contributed by atoms with Gasteiger partial charge in [-0.2, -0.15) is 4.98 Å². The Hall–Kier alpha value is -0.880. The maximum absolute atomic E-state index is 5.91. The number of aromatic nitrogens is 4. The van der Waals surface area contributed by atoms with Crippen molar-refractivity contribution in [2.24, 2.45) is 0 Å². The molecular formula is C10H11BrClN5. The Bertz CT molecular complexity index is 549. The van der Waals surface area contributed by atoms with Gasteiger partial charge in [-0.05, 0) is 40.4 Å². The van der Waals surface area contributed by atoms with Crippen LogP contribution in [0, 0.1) is 0 Å². The van der Waals surface area contributed by atoms with Crippen LogP contribution in [-0.4, -0.2) is 25.6 Å². The number of nitrogens with zero attached hydrogens (tertiary/aromatic N) is 4. The lowest BCUT2D eigenvalue weighted by molar-refractivity contribution is 0.746. The van der Waals surface area contributed by atoms with Gasteiger partial charge in [0, 0.05) is 6.04 Å². The highest BCUT2D eigenvalue weighted by atomic mass is 79.9. The minimum absolute atomic E-state index is 0.219. The van der Waals surface area contributed by atoms with E-state index in [2.05, 4.69) is 36.3 Å². The second kappa shape index (κ2) is 4.42. The highest BCUT2D eigenvalue weighted by Gasteiger charge is 2.18. The molecule has 90 valence electrons. The smallest absolute Gasteiger partial charge is 0.243 e. The maximum Gasteiger partial charge on any atom is 0.243 e. The van der Waals surface area contributed by atoms with Gasteiger partial charge in [-0.15, -0.1) is 5.10 Å². The van der Waals surface area contributed by atoms with Crippen LogP contribution in [0.4, 0.5) is 5.82 Å². The van der Waals surface area contributed by atoms with Crippen molar-refractivity contribution in [2.45, 2.75) is 31.7 Å². The number of nitrogens with one attached hydrogen (secondary N) is 1. The number of halogens is 2. The predicted molar refractivity (Wildman–Crippen MR) is 69.4 cm³/mol. The average molecular weight is 317 g/mol. The summed E-state index contributed by atoms with van der Waals surface area (Å²) in [4.78, 5) is 8.49. The van der Waals surface area contributed by atoms with Crippen molar-refractivity contribution in [3.05, 3.63) is 16.1 Å². The van der Waals surface area contributed by atoms with Gasteiger partial charge in [-0.3, -0.25) is 0 Å². The molecule has 3 rings (SSSR count). The molecule has 0 unspecified atom stereocenters. The fourth-order valence-electron chi connectivity index (χ4n) is 2.19. The molecule has 0 saturated heterocycles. The highest BCUT2D eigenvalue weighted by molar-refractivity contribution is 9.10. The molecule has 0 amide bonds. The van der Waals surface area contributed by atoms with Crippen molar-refractivity contribution in [3.63, 3.8) is 0 Å². The molecule has 1 aliphatic rings. The first-order valence-corrected chi connectivity index (χ1v) is 6.74. The number of fused-ring (bicyclic) bond motifs is 1. The third kappa shape index (κ3) is 2.11. The fourth-order valence-corrected chi connectivity index (χ4v) is 2.70. The molecule has 0 atom stereocenters. The van der Waals surface area contributed by atoms with E-state index in [4.69, 9.17) is 11.6 Å². The summed E-state index contributed by atoms with van der Waals surface area (Å²) in [5, 5.41) is 7.71. The van der Waals surface area contributed by atoms with Crippen molar-refractivity contribution in [1.82, 2.24) is 19.6 Å². The molecule has 1 fully saturated rings. The van der Waals surface area contributed by atoms with E-state index in [1.165, 1.54) is 25.7 Å². The van der Waals surface area contributed by atoms with Gasteiger partial charge in [0.15, 0.2) is 11.5 Å². The van der Waals surface area contributed by atoms with Crippen LogP contribution >= 0.6 is 27.5 Å². The number of hydrogen-bond acceptors (Lipinski definition) is 4. The molecule has 1 saturated carbocycles. The van der Waals surface area contributed by atoms with Gasteiger partial charge in [0.2, 0.25) is 5.28 Å². The van der Waals surface area contributed by atoms with E-state index in [-0.39, 0.29) is 5.28 Å². The molecule has 0 bridgehead atoms. The molecule has 2 heterocycles. The van der Waals surface area contributed by atoms with Crippen LogP contribution in [0.2, 0.25) is 5.28 Å². The highest BCUT2D eigenvalue weighted by Crippen LogP contribution is 2.25. The van der Waals surface area contributed by atoms with Crippen LogP contribution in [0.1, 0.15) is 25.7 Å². The molecule has 2 aromatic rings. The Morgan fingerprint density at radius 1 is 1.41 bits per heavy atom. The number of anilines is 1. The summed E-state index contributed by atoms with van der Waals surface area (Å²) >= 11 is 9.28. The molecule has 5 nitrogen and oxygen atoms in total. The Labute approximate surface area is 112 Å². The molecule has 0 radical (unpaired) electrons. The van der Waals surface area contributed by atoms with E-state index in [0.29, 0.717) is 17.5 Å². The Morgan fingerprint density at radius 2 is 2.18 bits per heavy atom. The third-order valence-corrected chi connectivity index (χ3v) is 3.69. The van der Waals surface area contributed by atoms with Crippen molar-refractivity contribution < 1.29 is 0 Å². The van der Waals surface area contributed by atoms with E-state index in [0.717, 1.165) is 4.60 Å². The Morgan fingerprint density at radius 3 is 2.94 bits per heavy atom. The van der Waals surface area contributed by atoms with Gasteiger partial charge < -0.3 is 5.32 Å². The topological polar surface area (TPSA) is 55.1 Å². The normalized spacial score (nSPS) is 16.8. The lowest BCUT2D eigenvalue weighted by atomic mass is 10.2. The first kappa shape index (κ1) is 11.2. The van der Waals surface area contributed by atoms with Gasteiger partial charge in [0.25, 0.3) is 0 Å². The van der Waals surface area contributed by atoms with Crippen LogP contribution in [0.5, 0.6) is 0 Å². The minimum atomic E-state index is 0.219. The number of hydrogen-bond donors (Lipinski definition) is 1. The van der Waals surface area contributed by atoms with Gasteiger partial charge in [-0.1, -0.05) is 12.8 Å². The fraction of sp³-hybridized carbons (Fsp3) is 0.500. The molecule has 7 heteroatoms. The van der Waals surface area contributed by atoms with Gasteiger partial charge in [0.05, 0.1) is 6.20 Å². The molecule has 0 spiro atoms. The summed E-state index contributed by atoms with van der Waals surface area (Å²) < 4.78 is 2.42. The standard InChI is InChI=1S/C10H11BrClN5/c11-7-5-13-9-8(14-6-3-1-2-4-6)15-10(12)16-17(7)9/h5-6H,1-4H2,(H,14,15,16). The van der Waals surface area contributed by atoms with Crippen molar-refractivity contribution in [1.29, 1.82) is 0 Å². The summed E-state index contributed by atoms with van der Waals surface area (Å²) in [6.45, 7) is 0. The van der Waals surface area contributed by atoms with Crippen molar-refractivity contribution in [2.75, 3.05) is 5.32 Å². The Kier molecular flexibility index (Phi) is 2.92. The van der Waals surface area contributed by atoms with E-state index >= 15 is 0 Å². The zero-order valence-corrected chi connectivity index (χ0v) is 11.4. The first-order chi connectivity index (χ1) is 8.24.